The van der Waals surface area contributed by atoms with E-state index in [9.17, 15) is 8.42 Å². The van der Waals surface area contributed by atoms with Crippen molar-refractivity contribution < 1.29 is 13.2 Å². The van der Waals surface area contributed by atoms with Crippen LogP contribution in [0.2, 0.25) is 0 Å². The molecule has 0 aliphatic rings. The van der Waals surface area contributed by atoms with Crippen molar-refractivity contribution in [3.05, 3.63) is 0 Å². The first-order chi connectivity index (χ1) is 4.96. The molecular weight excluding hydrogens is 168 g/mol. The maximum atomic E-state index is 11.2. The number of ether oxygens (including phenoxy) is 1. The summed E-state index contributed by atoms with van der Waals surface area (Å²) in [5.74, 6) is 0. The summed E-state index contributed by atoms with van der Waals surface area (Å²) in [4.78, 5) is 0. The molecule has 0 aromatic rings. The number of nitrogens with two attached hydrogens (primary N) is 1. The van der Waals surface area contributed by atoms with E-state index in [0.717, 1.165) is 4.31 Å². The Bertz CT molecular complexity index is 196. The van der Waals surface area contributed by atoms with E-state index in [4.69, 9.17) is 5.73 Å². The van der Waals surface area contributed by atoms with Crippen LogP contribution in [-0.2, 0) is 14.8 Å². The topological polar surface area (TPSA) is 72.6 Å². The van der Waals surface area contributed by atoms with Crippen LogP contribution in [0.15, 0.2) is 0 Å². The van der Waals surface area contributed by atoms with Gasteiger partial charge in [-0.2, -0.15) is 0 Å². The molecule has 0 bridgehead atoms. The number of methoxy groups -OCH3 is 1. The van der Waals surface area contributed by atoms with Gasteiger partial charge in [0.05, 0.1) is 0 Å². The lowest BCUT2D eigenvalue weighted by Gasteiger charge is -2.18. The van der Waals surface area contributed by atoms with Crippen LogP contribution in [0.25, 0.3) is 0 Å². The van der Waals surface area contributed by atoms with E-state index in [1.807, 2.05) is 0 Å². The molecule has 0 heterocycles. The van der Waals surface area contributed by atoms with Gasteiger partial charge in [0.1, 0.15) is 0 Å². The smallest absolute Gasteiger partial charge is 0.242 e. The molecule has 2 N–H and O–H groups in total. The predicted molar refractivity (Wildman–Crippen MR) is 42.5 cm³/mol. The summed E-state index contributed by atoms with van der Waals surface area (Å²) in [5, 5.41) is 0. The highest BCUT2D eigenvalue weighted by Gasteiger charge is 2.25. The fraction of sp³-hybridized carbons (Fsp3) is 1.00. The summed E-state index contributed by atoms with van der Waals surface area (Å²) in [5.41, 5.74) is 4.24. The van der Waals surface area contributed by atoms with Crippen LogP contribution in [0.3, 0.4) is 0 Å². The molecule has 1 atom stereocenters. The molecule has 68 valence electrons. The number of sulfonamides is 1. The highest BCUT2D eigenvalue weighted by atomic mass is 32.2. The van der Waals surface area contributed by atoms with E-state index in [2.05, 4.69) is 4.74 Å². The molecular formula is C5H14N2O3S. The van der Waals surface area contributed by atoms with Crippen LogP contribution in [0.1, 0.15) is 0 Å². The SMILES string of the molecule is COC(CN)S(=O)(=O)N(C)C. The van der Waals surface area contributed by atoms with Gasteiger partial charge in [-0.1, -0.05) is 0 Å². The minimum atomic E-state index is -3.35. The van der Waals surface area contributed by atoms with Crippen molar-refractivity contribution in [3.63, 3.8) is 0 Å². The number of hydrogen-bond donors (Lipinski definition) is 1. The quantitative estimate of drug-likeness (QED) is 0.593. The minimum absolute atomic E-state index is 0.0307. The summed E-state index contributed by atoms with van der Waals surface area (Å²) >= 11 is 0. The second kappa shape index (κ2) is 4.01. The molecule has 0 amide bonds. The third-order valence-corrected chi connectivity index (χ3v) is 3.36. The highest BCUT2D eigenvalue weighted by Crippen LogP contribution is 2.03. The first kappa shape index (κ1) is 10.8. The zero-order valence-corrected chi connectivity index (χ0v) is 7.76. The second-order valence-electron chi connectivity index (χ2n) is 2.23. The van der Waals surface area contributed by atoms with Crippen LogP contribution < -0.4 is 5.73 Å². The molecule has 6 heteroatoms. The van der Waals surface area contributed by atoms with Crippen molar-refractivity contribution in [2.24, 2.45) is 5.73 Å². The predicted octanol–water partition coefficient (Wildman–Crippen LogP) is -1.19. The van der Waals surface area contributed by atoms with E-state index >= 15 is 0 Å². The second-order valence-corrected chi connectivity index (χ2v) is 4.51. The molecule has 0 saturated carbocycles. The maximum absolute atomic E-state index is 11.2. The van der Waals surface area contributed by atoms with E-state index in [1.54, 1.807) is 0 Å². The molecule has 0 radical (unpaired) electrons. The molecule has 0 saturated heterocycles. The average Bonchev–Trinajstić information content (AvgIpc) is 1.89. The van der Waals surface area contributed by atoms with Crippen LogP contribution >= 0.6 is 0 Å². The largest absolute Gasteiger partial charge is 0.363 e. The van der Waals surface area contributed by atoms with E-state index < -0.39 is 15.5 Å². The van der Waals surface area contributed by atoms with Gasteiger partial charge >= 0.3 is 0 Å². The third-order valence-electron chi connectivity index (χ3n) is 1.30. The van der Waals surface area contributed by atoms with Gasteiger partial charge in [0.2, 0.25) is 10.0 Å². The van der Waals surface area contributed by atoms with Crippen molar-refractivity contribution >= 4 is 10.0 Å². The highest BCUT2D eigenvalue weighted by molar-refractivity contribution is 7.89. The molecule has 0 spiro atoms. The Balaban J connectivity index is 4.53. The van der Waals surface area contributed by atoms with Gasteiger partial charge in [0.15, 0.2) is 5.44 Å². The molecule has 0 aromatic carbocycles. The number of nitrogens with zero attached hydrogens (tertiary/aromatic N) is 1. The summed E-state index contributed by atoms with van der Waals surface area (Å²) < 4.78 is 28.2. The maximum Gasteiger partial charge on any atom is 0.242 e. The molecule has 0 fully saturated rings. The fourth-order valence-electron chi connectivity index (χ4n) is 0.575. The number of rotatable bonds is 4. The standard InChI is InChI=1S/C5H14N2O3S/c1-7(2)11(8,9)5(4-6)10-3/h5H,4,6H2,1-3H3. The normalized spacial score (nSPS) is 15.4. The lowest BCUT2D eigenvalue weighted by atomic mass is 10.7. The Kier molecular flexibility index (Phi) is 3.95. The molecule has 1 unspecified atom stereocenters. The first-order valence-electron chi connectivity index (χ1n) is 3.11. The summed E-state index contributed by atoms with van der Waals surface area (Å²) in [6.45, 7) is -0.0307. The van der Waals surface area contributed by atoms with Gasteiger partial charge in [-0.05, 0) is 0 Å². The van der Waals surface area contributed by atoms with E-state index in [-0.39, 0.29) is 6.54 Å². The van der Waals surface area contributed by atoms with Gasteiger partial charge in [-0.15, -0.1) is 0 Å². The zero-order chi connectivity index (χ0) is 9.07. The Morgan fingerprint density at radius 1 is 1.55 bits per heavy atom. The fourth-order valence-corrected chi connectivity index (χ4v) is 1.53. The summed E-state index contributed by atoms with van der Waals surface area (Å²) in [7, 11) is 0.848. The van der Waals surface area contributed by atoms with Crippen molar-refractivity contribution in [1.82, 2.24) is 4.31 Å². The third kappa shape index (κ3) is 2.41. The Hall–Kier alpha value is -0.170. The molecule has 0 rings (SSSR count). The van der Waals surface area contributed by atoms with Crippen molar-refractivity contribution in [2.75, 3.05) is 27.7 Å². The molecule has 11 heavy (non-hydrogen) atoms. The molecule has 0 aromatic heterocycles. The lowest BCUT2D eigenvalue weighted by Crippen LogP contribution is -2.39. The zero-order valence-electron chi connectivity index (χ0n) is 6.94. The van der Waals surface area contributed by atoms with Crippen molar-refractivity contribution in [3.8, 4) is 0 Å². The minimum Gasteiger partial charge on any atom is -0.363 e. The molecule has 0 aliphatic heterocycles. The van der Waals surface area contributed by atoms with E-state index in [1.165, 1.54) is 21.2 Å². The molecule has 0 aliphatic carbocycles. The molecule has 5 nitrogen and oxygen atoms in total. The van der Waals surface area contributed by atoms with Crippen LogP contribution in [0.4, 0.5) is 0 Å². The monoisotopic (exact) mass is 182 g/mol. The average molecular weight is 182 g/mol. The summed E-state index contributed by atoms with van der Waals surface area (Å²) in [6.07, 6.45) is 0. The first-order valence-corrected chi connectivity index (χ1v) is 4.61. The Morgan fingerprint density at radius 3 is 2.09 bits per heavy atom. The van der Waals surface area contributed by atoms with Gasteiger partial charge in [0.25, 0.3) is 0 Å². The van der Waals surface area contributed by atoms with Gasteiger partial charge < -0.3 is 10.5 Å². The van der Waals surface area contributed by atoms with Crippen LogP contribution in [0, 0.1) is 0 Å². The van der Waals surface area contributed by atoms with Crippen LogP contribution in [-0.4, -0.2) is 45.9 Å². The Morgan fingerprint density at radius 2 is 2.00 bits per heavy atom. The van der Waals surface area contributed by atoms with Crippen molar-refractivity contribution in [1.29, 1.82) is 0 Å². The van der Waals surface area contributed by atoms with E-state index in [0.29, 0.717) is 0 Å². The Labute approximate surface area is 67.2 Å². The van der Waals surface area contributed by atoms with Crippen molar-refractivity contribution in [2.45, 2.75) is 5.44 Å². The van der Waals surface area contributed by atoms with Gasteiger partial charge in [0, 0.05) is 27.7 Å². The van der Waals surface area contributed by atoms with Crippen LogP contribution in [0.5, 0.6) is 0 Å². The van der Waals surface area contributed by atoms with Gasteiger partial charge in [-0.25, -0.2) is 12.7 Å². The lowest BCUT2D eigenvalue weighted by molar-refractivity contribution is 0.164. The number of hydrogen-bond acceptors (Lipinski definition) is 4. The van der Waals surface area contributed by atoms with Gasteiger partial charge in [-0.3, -0.25) is 0 Å². The summed E-state index contributed by atoms with van der Waals surface area (Å²) in [6, 6.07) is 0.